The van der Waals surface area contributed by atoms with Crippen LogP contribution in [0.1, 0.15) is 6.42 Å². The maximum absolute atomic E-state index is 4.97. The number of hydrogen-bond donors (Lipinski definition) is 1. The van der Waals surface area contributed by atoms with Gasteiger partial charge in [0.15, 0.2) is 0 Å². The molecule has 0 fully saturated rings. The molecule has 0 radical (unpaired) electrons. The van der Waals surface area contributed by atoms with E-state index in [1.807, 2.05) is 0 Å². The first-order valence-electron chi connectivity index (χ1n) is 1.41. The minimum Gasteiger partial charge on any atom is -0.342 e. The number of rotatable bonds is 1. The predicted octanol–water partition coefficient (Wildman–Crippen LogP) is 0.169. The topological polar surface area (TPSA) is 26.0 Å². The summed E-state index contributed by atoms with van der Waals surface area (Å²) in [6.45, 7) is 4.19. The second-order valence-corrected chi connectivity index (χ2v) is 0.642. The van der Waals surface area contributed by atoms with Crippen LogP contribution in [0.5, 0.6) is 0 Å². The maximum Gasteiger partial charge on any atom is 0 e. The van der Waals surface area contributed by atoms with E-state index in [4.69, 9.17) is 5.73 Å². The van der Waals surface area contributed by atoms with Crippen LogP contribution in [0.2, 0.25) is 0 Å². The Labute approximate surface area is 26.8 Å². The third-order valence-electron chi connectivity index (χ3n) is 0.204. The molecule has 0 saturated carbocycles. The van der Waals surface area contributed by atoms with Crippen LogP contribution in [0.3, 0.4) is 0 Å². The van der Waals surface area contributed by atoms with Crippen LogP contribution in [0.4, 0.5) is 0 Å². The average molecular weight is 325 g/mol. The van der Waals surface area contributed by atoms with E-state index in [2.05, 4.69) is 6.92 Å². The van der Waals surface area contributed by atoms with Gasteiger partial charge in [-0.15, -0.1) is 0 Å². The Morgan fingerprint density at radius 2 is 1.80 bits per heavy atom. The van der Waals surface area contributed by atoms with Crippen molar-refractivity contribution in [3.63, 3.8) is 0 Å². The van der Waals surface area contributed by atoms with Crippen molar-refractivity contribution in [2.24, 2.45) is 5.73 Å². The molecular weight excluding hydrogens is 317 g/mol. The fourth-order valence-corrected chi connectivity index (χ4v) is 0. The fraction of sp³-hybridized carbons (Fsp3) is 0.667. The third kappa shape index (κ3) is 1700. The van der Waals surface area contributed by atoms with Gasteiger partial charge in [-0.1, -0.05) is 0 Å². The van der Waals surface area contributed by atoms with Crippen molar-refractivity contribution in [2.45, 2.75) is 6.42 Å². The molecule has 0 spiro atoms. The summed E-state index contributed by atoms with van der Waals surface area (Å²) < 4.78 is 0. The molecule has 0 aromatic carbocycles. The van der Waals surface area contributed by atoms with Crippen LogP contribution < -0.4 is 5.73 Å². The monoisotopic (exact) mass is 325 g/mol. The van der Waals surface area contributed by atoms with Gasteiger partial charge in [0, 0.05) is 0 Å². The number of hydrogen-bond acceptors (Lipinski definition) is 1. The van der Waals surface area contributed by atoms with Crippen molar-refractivity contribution in [1.82, 2.24) is 0 Å². The van der Waals surface area contributed by atoms with Gasteiger partial charge in [0.2, 0.25) is 0 Å². The zero-order valence-electron chi connectivity index (χ0n) is 3.41. The summed E-state index contributed by atoms with van der Waals surface area (Å²) in [4.78, 5) is 0. The predicted molar refractivity (Wildman–Crippen MR) is 19.0 cm³/mol. The van der Waals surface area contributed by atoms with E-state index in [0.717, 1.165) is 6.42 Å². The summed E-state index contributed by atoms with van der Waals surface area (Å²) in [6.07, 6.45) is 0.847. The molecule has 0 aromatic heterocycles. The SMILES string of the molecule is [CH2-]CCN.[Rf]. The van der Waals surface area contributed by atoms with Crippen LogP contribution in [0, 0.1) is 6.92 Å². The van der Waals surface area contributed by atoms with Gasteiger partial charge < -0.3 is 12.7 Å². The molecule has 0 heterocycles. The second-order valence-electron chi connectivity index (χ2n) is 0.642. The van der Waals surface area contributed by atoms with Crippen LogP contribution in [-0.2, 0) is 0 Å². The van der Waals surface area contributed by atoms with Crippen molar-refractivity contribution in [3.05, 3.63) is 6.92 Å². The third-order valence-corrected chi connectivity index (χ3v) is 0.204. The molecule has 0 aromatic rings. The fourth-order valence-electron chi connectivity index (χ4n) is 0. The Kier molecular flexibility index (Phi) is 22.3. The van der Waals surface area contributed by atoms with E-state index < -0.39 is 0 Å². The van der Waals surface area contributed by atoms with Crippen molar-refractivity contribution < 1.29 is 0 Å². The second kappa shape index (κ2) is 12.3. The quantitative estimate of drug-likeness (QED) is 0.684. The molecule has 0 aliphatic carbocycles. The van der Waals surface area contributed by atoms with Crippen LogP contribution in [0.25, 0.3) is 0 Å². The van der Waals surface area contributed by atoms with E-state index in [1.54, 1.807) is 0 Å². The van der Waals surface area contributed by atoms with Gasteiger partial charge in [-0.3, -0.25) is 0 Å². The standard InChI is InChI=1S/C3H8N.Rf/c1-2-3-4;/h1-4H2;/q-1;. The van der Waals surface area contributed by atoms with Gasteiger partial charge in [-0.25, -0.2) is 0 Å². The molecule has 0 atom stereocenters. The Morgan fingerprint density at radius 3 is 1.80 bits per heavy atom. The summed E-state index contributed by atoms with van der Waals surface area (Å²) in [5, 5.41) is 0. The van der Waals surface area contributed by atoms with Crippen molar-refractivity contribution in [3.8, 4) is 0 Å². The molecule has 0 aliphatic rings. The van der Waals surface area contributed by atoms with Crippen LogP contribution in [0.15, 0.2) is 0 Å². The summed E-state index contributed by atoms with van der Waals surface area (Å²) in [5.41, 5.74) is 4.97. The Hall–Kier alpha value is -1.04. The molecular formula is C3H8NRf-. The van der Waals surface area contributed by atoms with E-state index in [1.165, 1.54) is 0 Å². The van der Waals surface area contributed by atoms with Gasteiger partial charge in [0.1, 0.15) is 0 Å². The normalized spacial score (nSPS) is 6.00. The molecule has 5 heavy (non-hydrogen) atoms. The van der Waals surface area contributed by atoms with E-state index in [9.17, 15) is 0 Å². The Morgan fingerprint density at radius 1 is 1.60 bits per heavy atom. The molecule has 2 heteroatoms. The molecule has 28 valence electrons. The van der Waals surface area contributed by atoms with Gasteiger partial charge >= 0.3 is 0 Å². The van der Waals surface area contributed by atoms with Gasteiger partial charge in [-0.2, -0.15) is 6.42 Å². The first-order chi connectivity index (χ1) is 1.91. The molecule has 0 saturated heterocycles. The van der Waals surface area contributed by atoms with E-state index in [-0.39, 0.29) is 0 Å². The Balaban J connectivity index is 0. The van der Waals surface area contributed by atoms with Crippen molar-refractivity contribution in [2.75, 3.05) is 6.54 Å². The summed E-state index contributed by atoms with van der Waals surface area (Å²) in [6, 6.07) is 0. The van der Waals surface area contributed by atoms with Crippen molar-refractivity contribution >= 4 is 0 Å². The molecule has 0 amide bonds. The smallest absolute Gasteiger partial charge is 0 e. The van der Waals surface area contributed by atoms with Gasteiger partial charge in [-0.05, 0) is 6.54 Å². The molecule has 0 unspecified atom stereocenters. The molecule has 0 aliphatic heterocycles. The summed E-state index contributed by atoms with van der Waals surface area (Å²) in [7, 11) is 0. The van der Waals surface area contributed by atoms with Crippen LogP contribution in [-0.4, -0.2) is 6.54 Å². The maximum atomic E-state index is 4.97. The average Bonchev–Trinajstić information content (AvgIpc) is 1.37. The van der Waals surface area contributed by atoms with Gasteiger partial charge in [0.05, 0.1) is 0 Å². The van der Waals surface area contributed by atoms with Gasteiger partial charge in [0.25, 0.3) is 0 Å². The van der Waals surface area contributed by atoms with E-state index in [0.29, 0.717) is 6.54 Å². The summed E-state index contributed by atoms with van der Waals surface area (Å²) in [5.74, 6) is 0. The Bertz CT molecular complexity index is 8.85. The molecule has 0 rings (SSSR count). The summed E-state index contributed by atoms with van der Waals surface area (Å²) >= 11 is 0. The molecule has 0 bridgehead atoms. The minimum absolute atomic E-state index is 0. The number of nitrogens with two attached hydrogens (primary N) is 1. The van der Waals surface area contributed by atoms with E-state index >= 15 is 0 Å². The first-order valence-corrected chi connectivity index (χ1v) is 1.41. The zero-order valence-corrected chi connectivity index (χ0v) is 9.81. The minimum atomic E-state index is 0. The zero-order chi connectivity index (χ0) is 3.41. The molecule has 2 N–H and O–H groups in total. The molecule has 1 nitrogen and oxygen atoms in total. The largest absolute Gasteiger partial charge is 0.342 e. The van der Waals surface area contributed by atoms with Crippen molar-refractivity contribution in [1.29, 1.82) is 0 Å². The van der Waals surface area contributed by atoms with Crippen LogP contribution >= 0.6 is 0 Å². The first kappa shape index (κ1) is 9.03.